The number of imidazole rings is 1. The lowest BCUT2D eigenvalue weighted by Crippen LogP contribution is -2.40. The summed E-state index contributed by atoms with van der Waals surface area (Å²) in [4.78, 5) is 39.2. The number of aromatic nitrogens is 3. The van der Waals surface area contributed by atoms with Crippen LogP contribution in [0.15, 0.2) is 41.9 Å². The minimum absolute atomic E-state index is 0.0707. The first kappa shape index (κ1) is 25.1. The van der Waals surface area contributed by atoms with Gasteiger partial charge in [-0.15, -0.1) is 22.7 Å². The molecule has 0 spiro atoms. The second-order valence-corrected chi connectivity index (χ2v) is 11.8. The van der Waals surface area contributed by atoms with Gasteiger partial charge in [0.1, 0.15) is 11.4 Å². The van der Waals surface area contributed by atoms with E-state index in [1.54, 1.807) is 0 Å². The van der Waals surface area contributed by atoms with E-state index in [4.69, 9.17) is 0 Å². The summed E-state index contributed by atoms with van der Waals surface area (Å²) in [5, 5.41) is 5.75. The molecule has 1 aromatic carbocycles. The zero-order valence-electron chi connectivity index (χ0n) is 20.8. The second kappa shape index (κ2) is 10.3. The highest BCUT2D eigenvalue weighted by molar-refractivity contribution is 7.15. The second-order valence-electron chi connectivity index (χ2n) is 9.74. The Labute approximate surface area is 213 Å². The smallest absolute Gasteiger partial charge is 0.274 e. The summed E-state index contributed by atoms with van der Waals surface area (Å²) < 4.78 is 1.81. The van der Waals surface area contributed by atoms with E-state index in [2.05, 4.69) is 36.1 Å². The number of carbonyl (C=O) groups excluding carboxylic acids is 2. The summed E-state index contributed by atoms with van der Waals surface area (Å²) in [6, 6.07) is 9.90. The van der Waals surface area contributed by atoms with Crippen molar-refractivity contribution in [3.63, 3.8) is 0 Å². The fraction of sp³-hybridized carbons (Fsp3) is 0.385. The highest BCUT2D eigenvalue weighted by Crippen LogP contribution is 2.31. The van der Waals surface area contributed by atoms with Crippen LogP contribution in [-0.2, 0) is 0 Å². The van der Waals surface area contributed by atoms with Crippen LogP contribution in [-0.4, -0.2) is 50.7 Å². The first-order chi connectivity index (χ1) is 16.6. The van der Waals surface area contributed by atoms with Crippen molar-refractivity contribution in [2.75, 3.05) is 19.6 Å². The molecule has 0 fully saturated rings. The molecule has 0 saturated heterocycles. The van der Waals surface area contributed by atoms with Crippen molar-refractivity contribution < 1.29 is 9.59 Å². The molecule has 4 rings (SSSR count). The minimum Gasteiger partial charge on any atom is -0.349 e. The molecule has 0 aliphatic heterocycles. The molecule has 0 saturated carbocycles. The van der Waals surface area contributed by atoms with Gasteiger partial charge in [-0.1, -0.05) is 51.1 Å². The van der Waals surface area contributed by atoms with Crippen molar-refractivity contribution in [1.29, 1.82) is 0 Å². The summed E-state index contributed by atoms with van der Waals surface area (Å²) in [6.07, 6.45) is 2.69. The number of rotatable bonds is 8. The van der Waals surface area contributed by atoms with Crippen LogP contribution >= 0.6 is 22.7 Å². The molecule has 0 aliphatic carbocycles. The van der Waals surface area contributed by atoms with Crippen molar-refractivity contribution in [3.8, 4) is 10.4 Å². The maximum Gasteiger partial charge on any atom is 0.274 e. The summed E-state index contributed by atoms with van der Waals surface area (Å²) in [5.41, 5.74) is 2.77. The molecule has 184 valence electrons. The van der Waals surface area contributed by atoms with E-state index in [1.807, 2.05) is 65.1 Å². The Morgan fingerprint density at radius 2 is 1.83 bits per heavy atom. The van der Waals surface area contributed by atoms with Crippen LogP contribution in [0, 0.1) is 19.3 Å². The molecule has 0 atom stereocenters. The van der Waals surface area contributed by atoms with E-state index in [0.29, 0.717) is 36.7 Å². The summed E-state index contributed by atoms with van der Waals surface area (Å²) in [5.74, 6) is -0.293. The van der Waals surface area contributed by atoms with Gasteiger partial charge in [-0.25, -0.2) is 9.97 Å². The Balaban J connectivity index is 1.52. The fourth-order valence-electron chi connectivity index (χ4n) is 3.85. The van der Waals surface area contributed by atoms with Crippen LogP contribution in [0.3, 0.4) is 0 Å². The third-order valence-corrected chi connectivity index (χ3v) is 7.49. The van der Waals surface area contributed by atoms with Gasteiger partial charge < -0.3 is 10.2 Å². The van der Waals surface area contributed by atoms with E-state index >= 15 is 0 Å². The Bertz CT molecular complexity index is 1330. The molecule has 1 N–H and O–H groups in total. The van der Waals surface area contributed by atoms with Gasteiger partial charge in [0.25, 0.3) is 11.8 Å². The quantitative estimate of drug-likeness (QED) is 0.343. The standard InChI is InChI=1S/C26H31N5O2S2/c1-17-21(31-15-16-34-25(31)28-17)23(32)27-12-14-30(13-11-26(3,4)5)24(33)20-22(35-18(2)29-20)19-9-7-6-8-10-19/h6-10,15-16H,11-14H2,1-5H3,(H,27,32). The first-order valence-electron chi connectivity index (χ1n) is 11.7. The number of amides is 2. The van der Waals surface area contributed by atoms with Gasteiger partial charge in [-0.05, 0) is 31.2 Å². The number of nitrogens with one attached hydrogen (secondary N) is 1. The predicted octanol–water partition coefficient (Wildman–Crippen LogP) is 5.44. The maximum absolute atomic E-state index is 13.7. The van der Waals surface area contributed by atoms with Crippen molar-refractivity contribution in [2.45, 2.75) is 41.0 Å². The lowest BCUT2D eigenvalue weighted by Gasteiger charge is -2.27. The van der Waals surface area contributed by atoms with Crippen LogP contribution in [0.25, 0.3) is 15.4 Å². The van der Waals surface area contributed by atoms with Crippen molar-refractivity contribution in [3.05, 3.63) is 64.0 Å². The van der Waals surface area contributed by atoms with E-state index in [9.17, 15) is 9.59 Å². The van der Waals surface area contributed by atoms with Crippen molar-refractivity contribution >= 4 is 39.4 Å². The van der Waals surface area contributed by atoms with E-state index in [-0.39, 0.29) is 17.2 Å². The zero-order valence-corrected chi connectivity index (χ0v) is 22.4. The lowest BCUT2D eigenvalue weighted by molar-refractivity contribution is 0.0726. The van der Waals surface area contributed by atoms with Crippen molar-refractivity contribution in [2.24, 2.45) is 5.41 Å². The average molecular weight is 510 g/mol. The highest BCUT2D eigenvalue weighted by Gasteiger charge is 2.25. The van der Waals surface area contributed by atoms with Gasteiger partial charge in [0.2, 0.25) is 0 Å². The molecule has 35 heavy (non-hydrogen) atoms. The number of benzene rings is 1. The Morgan fingerprint density at radius 1 is 1.09 bits per heavy atom. The molecule has 3 aromatic heterocycles. The molecule has 9 heteroatoms. The number of aryl methyl sites for hydroxylation is 2. The van der Waals surface area contributed by atoms with Crippen molar-refractivity contribution in [1.82, 2.24) is 24.6 Å². The lowest BCUT2D eigenvalue weighted by atomic mass is 9.92. The molecule has 2 amide bonds. The van der Waals surface area contributed by atoms with Crippen LogP contribution < -0.4 is 5.32 Å². The normalized spacial score (nSPS) is 11.7. The number of thiazole rings is 2. The summed E-state index contributed by atoms with van der Waals surface area (Å²) >= 11 is 3.02. The van der Waals surface area contributed by atoms with E-state index in [1.165, 1.54) is 22.7 Å². The zero-order chi connectivity index (χ0) is 25.2. The molecular formula is C26H31N5O2S2. The summed E-state index contributed by atoms with van der Waals surface area (Å²) in [6.45, 7) is 11.6. The molecule has 7 nitrogen and oxygen atoms in total. The molecule has 0 unspecified atom stereocenters. The Morgan fingerprint density at radius 3 is 2.54 bits per heavy atom. The van der Waals surface area contributed by atoms with Gasteiger partial charge in [0.15, 0.2) is 4.96 Å². The van der Waals surface area contributed by atoms with Gasteiger partial charge >= 0.3 is 0 Å². The van der Waals surface area contributed by atoms with Crippen LogP contribution in [0.2, 0.25) is 0 Å². The molecule has 0 bridgehead atoms. The number of hydrogen-bond donors (Lipinski definition) is 1. The minimum atomic E-state index is -0.189. The number of nitrogens with zero attached hydrogens (tertiary/aromatic N) is 4. The van der Waals surface area contributed by atoms with Gasteiger partial charge in [0.05, 0.1) is 15.6 Å². The summed E-state index contributed by atoms with van der Waals surface area (Å²) in [7, 11) is 0. The van der Waals surface area contributed by atoms with Crippen LogP contribution in [0.4, 0.5) is 0 Å². The molecule has 3 heterocycles. The monoisotopic (exact) mass is 509 g/mol. The highest BCUT2D eigenvalue weighted by atomic mass is 32.1. The third-order valence-electron chi connectivity index (χ3n) is 5.71. The maximum atomic E-state index is 13.7. The van der Waals surface area contributed by atoms with E-state index in [0.717, 1.165) is 26.8 Å². The molecular weight excluding hydrogens is 478 g/mol. The fourth-order valence-corrected chi connectivity index (χ4v) is 5.52. The third kappa shape index (κ3) is 5.79. The van der Waals surface area contributed by atoms with Crippen LogP contribution in [0.1, 0.15) is 58.9 Å². The number of hydrogen-bond acceptors (Lipinski definition) is 6. The van der Waals surface area contributed by atoms with Crippen LogP contribution in [0.5, 0.6) is 0 Å². The van der Waals surface area contributed by atoms with Gasteiger partial charge in [-0.3, -0.25) is 14.0 Å². The topological polar surface area (TPSA) is 79.6 Å². The largest absolute Gasteiger partial charge is 0.349 e. The van der Waals surface area contributed by atoms with Gasteiger partial charge in [-0.2, -0.15) is 0 Å². The Hall–Kier alpha value is -3.04. The molecule has 0 radical (unpaired) electrons. The number of fused-ring (bicyclic) bond motifs is 1. The average Bonchev–Trinajstić information content (AvgIpc) is 3.49. The Kier molecular flexibility index (Phi) is 7.37. The van der Waals surface area contributed by atoms with Gasteiger partial charge in [0, 0.05) is 31.2 Å². The predicted molar refractivity (Wildman–Crippen MR) is 142 cm³/mol. The number of carbonyl (C=O) groups is 2. The molecule has 4 aromatic rings. The molecule has 0 aliphatic rings. The first-order valence-corrected chi connectivity index (χ1v) is 13.4. The SMILES string of the molecule is Cc1nc(C(=O)N(CCNC(=O)c2c(C)nc3sccn23)CCC(C)(C)C)c(-c2ccccc2)s1. The van der Waals surface area contributed by atoms with E-state index < -0.39 is 0 Å².